The second-order valence-corrected chi connectivity index (χ2v) is 8.19. The van der Waals surface area contributed by atoms with Gasteiger partial charge in [0.25, 0.3) is 0 Å². The monoisotopic (exact) mass is 354 g/mol. The first-order valence-corrected chi connectivity index (χ1v) is 8.99. The summed E-state index contributed by atoms with van der Waals surface area (Å²) >= 11 is 0. The second-order valence-electron chi connectivity index (χ2n) is 8.19. The molecule has 0 bridgehead atoms. The van der Waals surface area contributed by atoms with Crippen molar-refractivity contribution in [2.24, 2.45) is 0 Å². The van der Waals surface area contributed by atoms with Crippen LogP contribution in [0.2, 0.25) is 0 Å². The van der Waals surface area contributed by atoms with Crippen molar-refractivity contribution in [2.75, 3.05) is 7.11 Å². The van der Waals surface area contributed by atoms with E-state index in [0.717, 1.165) is 25.7 Å². The fraction of sp³-hybridized carbons (Fsp3) is 0.833. The summed E-state index contributed by atoms with van der Waals surface area (Å²) in [6.45, 7) is 7.05. The number of methoxy groups -OCH3 is 1. The van der Waals surface area contributed by atoms with Crippen LogP contribution in [0.4, 0.5) is 4.79 Å². The predicted molar refractivity (Wildman–Crippen MR) is 91.9 cm³/mol. The number of hydrogen-bond donors (Lipinski definition) is 1. The summed E-state index contributed by atoms with van der Waals surface area (Å²) in [5.74, 6) is -0.619. The van der Waals surface area contributed by atoms with Crippen LogP contribution in [-0.4, -0.2) is 53.2 Å². The molecule has 3 atom stereocenters. The van der Waals surface area contributed by atoms with Crippen molar-refractivity contribution >= 4 is 18.0 Å². The Morgan fingerprint density at radius 3 is 2.48 bits per heavy atom. The zero-order valence-electron chi connectivity index (χ0n) is 15.9. The van der Waals surface area contributed by atoms with Gasteiger partial charge in [-0.1, -0.05) is 12.8 Å². The van der Waals surface area contributed by atoms with Crippen LogP contribution in [0.25, 0.3) is 0 Å². The average molecular weight is 354 g/mol. The summed E-state index contributed by atoms with van der Waals surface area (Å²) in [6, 6.07) is -0.544. The van der Waals surface area contributed by atoms with E-state index in [4.69, 9.17) is 9.47 Å². The SMILES string of the molecule is COC(=O)[C@@H]1CC[C@@H]2CCCC[C@](C)(NC(=O)OC(C)(C)C)C(=O)N21. The largest absolute Gasteiger partial charge is 0.467 e. The maximum atomic E-state index is 13.3. The standard InChI is InChI=1S/C18H30N2O5/c1-17(2,3)25-16(23)19-18(4)11-7-6-8-12-9-10-13(14(21)24-5)20(12)15(18)22/h12-13H,6-11H2,1-5H3,(H,19,23)/t12-,13-,18-/m0/s1. The van der Waals surface area contributed by atoms with E-state index >= 15 is 0 Å². The Bertz CT molecular complexity index is 542. The molecule has 0 saturated carbocycles. The van der Waals surface area contributed by atoms with Gasteiger partial charge in [-0.05, 0) is 53.4 Å². The first-order chi connectivity index (χ1) is 11.6. The van der Waals surface area contributed by atoms with E-state index in [1.54, 1.807) is 32.6 Å². The van der Waals surface area contributed by atoms with Gasteiger partial charge in [0.05, 0.1) is 7.11 Å². The Labute approximate surface area is 149 Å². The molecule has 2 aliphatic heterocycles. The summed E-state index contributed by atoms with van der Waals surface area (Å²) in [5.41, 5.74) is -1.73. The fourth-order valence-corrected chi connectivity index (χ4v) is 3.74. The molecule has 142 valence electrons. The summed E-state index contributed by atoms with van der Waals surface area (Å²) in [7, 11) is 1.34. The van der Waals surface area contributed by atoms with Gasteiger partial charge >= 0.3 is 12.1 Å². The van der Waals surface area contributed by atoms with E-state index < -0.39 is 29.2 Å². The van der Waals surface area contributed by atoms with Crippen molar-refractivity contribution in [1.82, 2.24) is 10.2 Å². The molecule has 2 aliphatic rings. The summed E-state index contributed by atoms with van der Waals surface area (Å²) in [5, 5.41) is 2.75. The number of carbonyl (C=O) groups excluding carboxylic acids is 3. The highest BCUT2D eigenvalue weighted by Gasteiger charge is 2.49. The average Bonchev–Trinajstić information content (AvgIpc) is 2.90. The third-order valence-corrected chi connectivity index (χ3v) is 4.92. The molecule has 2 amide bonds. The van der Waals surface area contributed by atoms with Gasteiger partial charge in [0.2, 0.25) is 5.91 Å². The Kier molecular flexibility index (Phi) is 5.64. The van der Waals surface area contributed by atoms with E-state index in [1.165, 1.54) is 7.11 Å². The predicted octanol–water partition coefficient (Wildman–Crippen LogP) is 2.38. The Morgan fingerprint density at radius 1 is 1.20 bits per heavy atom. The van der Waals surface area contributed by atoms with Gasteiger partial charge in [-0.25, -0.2) is 9.59 Å². The van der Waals surface area contributed by atoms with E-state index in [9.17, 15) is 14.4 Å². The lowest BCUT2D eigenvalue weighted by Gasteiger charge is -2.40. The highest BCUT2D eigenvalue weighted by atomic mass is 16.6. The number of rotatable bonds is 2. The first-order valence-electron chi connectivity index (χ1n) is 8.99. The lowest BCUT2D eigenvalue weighted by Crippen LogP contribution is -2.62. The Hall–Kier alpha value is -1.79. The minimum Gasteiger partial charge on any atom is -0.467 e. The number of hydrogen-bond acceptors (Lipinski definition) is 5. The van der Waals surface area contributed by atoms with Crippen molar-refractivity contribution in [3.05, 3.63) is 0 Å². The highest BCUT2D eigenvalue weighted by molar-refractivity contribution is 5.93. The molecule has 0 aromatic carbocycles. The maximum absolute atomic E-state index is 13.3. The minimum atomic E-state index is -1.09. The molecule has 0 radical (unpaired) electrons. The Balaban J connectivity index is 2.23. The van der Waals surface area contributed by atoms with Gasteiger partial charge < -0.3 is 19.7 Å². The normalized spacial score (nSPS) is 30.1. The number of carbonyl (C=O) groups is 3. The van der Waals surface area contributed by atoms with Crippen LogP contribution in [0.3, 0.4) is 0 Å². The van der Waals surface area contributed by atoms with Crippen LogP contribution in [0.5, 0.6) is 0 Å². The molecule has 0 aromatic heterocycles. The number of amides is 2. The molecule has 2 saturated heterocycles. The summed E-state index contributed by atoms with van der Waals surface area (Å²) in [6.07, 6.45) is 3.96. The number of nitrogens with one attached hydrogen (secondary N) is 1. The molecule has 7 heteroatoms. The van der Waals surface area contributed by atoms with Gasteiger partial charge in [0, 0.05) is 6.04 Å². The molecule has 2 fully saturated rings. The van der Waals surface area contributed by atoms with Crippen molar-refractivity contribution in [2.45, 2.75) is 89.4 Å². The van der Waals surface area contributed by atoms with E-state index in [1.807, 2.05) is 0 Å². The molecule has 1 N–H and O–H groups in total. The second kappa shape index (κ2) is 7.22. The van der Waals surface area contributed by atoms with Crippen molar-refractivity contribution in [3.8, 4) is 0 Å². The third-order valence-electron chi connectivity index (χ3n) is 4.92. The first kappa shape index (κ1) is 19.5. The molecule has 0 spiro atoms. The maximum Gasteiger partial charge on any atom is 0.408 e. The number of ether oxygens (including phenoxy) is 2. The van der Waals surface area contributed by atoms with Crippen molar-refractivity contribution in [1.29, 1.82) is 0 Å². The van der Waals surface area contributed by atoms with Gasteiger partial charge in [-0.2, -0.15) is 0 Å². The zero-order chi connectivity index (χ0) is 18.8. The molecule has 0 aliphatic carbocycles. The molecule has 2 heterocycles. The lowest BCUT2D eigenvalue weighted by molar-refractivity contribution is -0.155. The fourth-order valence-electron chi connectivity index (χ4n) is 3.74. The summed E-state index contributed by atoms with van der Waals surface area (Å²) < 4.78 is 10.2. The topological polar surface area (TPSA) is 84.9 Å². The number of alkyl carbamates (subject to hydrolysis) is 1. The van der Waals surface area contributed by atoms with Gasteiger partial charge in [0.15, 0.2) is 0 Å². The van der Waals surface area contributed by atoms with Crippen LogP contribution >= 0.6 is 0 Å². The molecular weight excluding hydrogens is 324 g/mol. The lowest BCUT2D eigenvalue weighted by atomic mass is 9.88. The molecule has 25 heavy (non-hydrogen) atoms. The smallest absolute Gasteiger partial charge is 0.408 e. The number of fused-ring (bicyclic) bond motifs is 1. The minimum absolute atomic E-state index is 0.0247. The van der Waals surface area contributed by atoms with Gasteiger partial charge in [-0.15, -0.1) is 0 Å². The van der Waals surface area contributed by atoms with E-state index in [-0.39, 0.29) is 11.9 Å². The Morgan fingerprint density at radius 2 is 1.88 bits per heavy atom. The van der Waals surface area contributed by atoms with E-state index in [2.05, 4.69) is 5.32 Å². The molecule has 2 rings (SSSR count). The molecule has 0 unspecified atom stereocenters. The molecule has 7 nitrogen and oxygen atoms in total. The summed E-state index contributed by atoms with van der Waals surface area (Å²) in [4.78, 5) is 39.3. The quantitative estimate of drug-likeness (QED) is 0.770. The van der Waals surface area contributed by atoms with Crippen LogP contribution in [0.15, 0.2) is 0 Å². The van der Waals surface area contributed by atoms with Gasteiger partial charge in [-0.3, -0.25) is 4.79 Å². The van der Waals surface area contributed by atoms with Crippen LogP contribution in [0, 0.1) is 0 Å². The third kappa shape index (κ3) is 4.44. The molecule has 0 aromatic rings. The number of nitrogens with zero attached hydrogens (tertiary/aromatic N) is 1. The van der Waals surface area contributed by atoms with Gasteiger partial charge in [0.1, 0.15) is 17.2 Å². The van der Waals surface area contributed by atoms with Crippen molar-refractivity contribution < 1.29 is 23.9 Å². The highest BCUT2D eigenvalue weighted by Crippen LogP contribution is 2.34. The zero-order valence-corrected chi connectivity index (χ0v) is 15.9. The van der Waals surface area contributed by atoms with Crippen molar-refractivity contribution in [3.63, 3.8) is 0 Å². The molecular formula is C18H30N2O5. The van der Waals surface area contributed by atoms with Crippen LogP contribution in [-0.2, 0) is 19.1 Å². The number of esters is 1. The van der Waals surface area contributed by atoms with Crippen LogP contribution < -0.4 is 5.32 Å². The van der Waals surface area contributed by atoms with E-state index in [0.29, 0.717) is 12.8 Å². The van der Waals surface area contributed by atoms with Crippen LogP contribution in [0.1, 0.15) is 66.2 Å².